The van der Waals surface area contributed by atoms with Crippen molar-refractivity contribution in [2.24, 2.45) is 0 Å². The van der Waals surface area contributed by atoms with Crippen LogP contribution in [0.15, 0.2) is 176 Å². The number of rotatable bonds is 4. The van der Waals surface area contributed by atoms with Crippen LogP contribution >= 0.6 is 11.3 Å². The first-order valence-electron chi connectivity index (χ1n) is 17.8. The van der Waals surface area contributed by atoms with Gasteiger partial charge in [-0.2, -0.15) is 5.26 Å². The Morgan fingerprint density at radius 2 is 0.962 bits per heavy atom. The van der Waals surface area contributed by atoms with Crippen molar-refractivity contribution in [2.75, 3.05) is 0 Å². The molecule has 0 aliphatic carbocycles. The third-order valence-electron chi connectivity index (χ3n) is 10.8. The van der Waals surface area contributed by atoms with Gasteiger partial charge in [-0.05, 0) is 89.0 Å². The van der Waals surface area contributed by atoms with Crippen LogP contribution in [-0.2, 0) is 0 Å². The average molecular weight is 692 g/mol. The molecule has 0 spiro atoms. The summed E-state index contributed by atoms with van der Waals surface area (Å²) < 4.78 is 7.11. The average Bonchev–Trinajstić information content (AvgIpc) is 3.88. The van der Waals surface area contributed by atoms with E-state index in [1.54, 1.807) is 11.3 Å². The Labute approximate surface area is 309 Å². The number of nitrogens with zero attached hydrogens (tertiary/aromatic N) is 3. The molecular weight excluding hydrogens is 663 g/mol. The van der Waals surface area contributed by atoms with E-state index in [1.807, 2.05) is 6.07 Å². The summed E-state index contributed by atoms with van der Waals surface area (Å²) in [6, 6.07) is 65.5. The third-order valence-corrected chi connectivity index (χ3v) is 11.9. The van der Waals surface area contributed by atoms with Crippen molar-refractivity contribution in [3.05, 3.63) is 181 Å². The molecule has 0 N–H and O–H groups in total. The van der Waals surface area contributed by atoms with Gasteiger partial charge in [-0.15, -0.1) is 11.3 Å². The Balaban J connectivity index is 1.11. The van der Waals surface area contributed by atoms with Crippen molar-refractivity contribution in [3.8, 4) is 39.7 Å². The van der Waals surface area contributed by atoms with Crippen molar-refractivity contribution in [1.29, 1.82) is 5.26 Å². The second-order valence-electron chi connectivity index (χ2n) is 13.6. The van der Waals surface area contributed by atoms with Crippen molar-refractivity contribution in [2.45, 2.75) is 0 Å². The Bertz CT molecular complexity index is 3300. The first kappa shape index (κ1) is 29.8. The Morgan fingerprint density at radius 3 is 1.68 bits per heavy atom. The predicted octanol–water partition coefficient (Wildman–Crippen LogP) is 13.5. The molecule has 0 unspecified atom stereocenters. The van der Waals surface area contributed by atoms with E-state index in [0.29, 0.717) is 5.56 Å². The molecule has 53 heavy (non-hydrogen) atoms. The lowest BCUT2D eigenvalue weighted by atomic mass is 10.0. The maximum Gasteiger partial charge on any atom is 0.101 e. The molecule has 4 heteroatoms. The lowest BCUT2D eigenvalue weighted by Crippen LogP contribution is -1.98. The van der Waals surface area contributed by atoms with Crippen LogP contribution in [0.3, 0.4) is 0 Å². The molecule has 246 valence electrons. The molecule has 3 aromatic heterocycles. The van der Waals surface area contributed by atoms with E-state index in [4.69, 9.17) is 0 Å². The Kier molecular flexibility index (Phi) is 6.48. The van der Waals surface area contributed by atoms with Crippen molar-refractivity contribution < 1.29 is 0 Å². The maximum atomic E-state index is 10.5. The van der Waals surface area contributed by atoms with Gasteiger partial charge < -0.3 is 9.13 Å². The molecule has 11 aromatic rings. The minimum Gasteiger partial charge on any atom is -0.309 e. The molecule has 0 aliphatic rings. The van der Waals surface area contributed by atoms with Gasteiger partial charge in [-0.25, -0.2) is 0 Å². The zero-order valence-electron chi connectivity index (χ0n) is 28.5. The molecule has 0 bridgehead atoms. The SMILES string of the molecule is N#Cc1ccc2sc3ccccc3c2c1-n1c2ccccc2c2cc(-c3ccc4c(c3)c3ccccc3n4-c3cccc(-c4ccccc4)c3)ccc21. The Morgan fingerprint density at radius 1 is 0.396 bits per heavy atom. The highest BCUT2D eigenvalue weighted by Gasteiger charge is 2.21. The number of thiophene rings is 1. The van der Waals surface area contributed by atoms with Gasteiger partial charge in [0.25, 0.3) is 0 Å². The second-order valence-corrected chi connectivity index (χ2v) is 14.7. The zero-order valence-corrected chi connectivity index (χ0v) is 29.3. The van der Waals surface area contributed by atoms with Crippen LogP contribution < -0.4 is 0 Å². The predicted molar refractivity (Wildman–Crippen MR) is 224 cm³/mol. The van der Waals surface area contributed by atoms with E-state index < -0.39 is 0 Å². The summed E-state index contributed by atoms with van der Waals surface area (Å²) in [5.41, 5.74) is 12.0. The Hall–Kier alpha value is -6.93. The van der Waals surface area contributed by atoms with Crippen molar-refractivity contribution in [1.82, 2.24) is 9.13 Å². The topological polar surface area (TPSA) is 33.6 Å². The van der Waals surface area contributed by atoms with Gasteiger partial charge >= 0.3 is 0 Å². The van der Waals surface area contributed by atoms with E-state index in [2.05, 4.69) is 185 Å². The van der Waals surface area contributed by atoms with E-state index in [-0.39, 0.29) is 0 Å². The van der Waals surface area contributed by atoms with Crippen molar-refractivity contribution in [3.63, 3.8) is 0 Å². The van der Waals surface area contributed by atoms with Gasteiger partial charge in [0, 0.05) is 47.4 Å². The molecule has 0 aliphatic heterocycles. The van der Waals surface area contributed by atoms with Gasteiger partial charge in [0.15, 0.2) is 0 Å². The first-order valence-corrected chi connectivity index (χ1v) is 18.6. The van der Waals surface area contributed by atoms with Crippen LogP contribution in [0, 0.1) is 11.3 Å². The summed E-state index contributed by atoms with van der Waals surface area (Å²) in [5.74, 6) is 0. The molecule has 11 rings (SSSR count). The number of para-hydroxylation sites is 2. The molecule has 0 saturated heterocycles. The molecule has 0 atom stereocenters. The number of aromatic nitrogens is 2. The van der Waals surface area contributed by atoms with Gasteiger partial charge in [0.05, 0.1) is 33.3 Å². The molecule has 0 radical (unpaired) electrons. The van der Waals surface area contributed by atoms with Crippen LogP contribution in [0.25, 0.3) is 97.4 Å². The fraction of sp³-hybridized carbons (Fsp3) is 0. The lowest BCUT2D eigenvalue weighted by molar-refractivity contribution is 1.18. The van der Waals surface area contributed by atoms with Gasteiger partial charge in [0.1, 0.15) is 6.07 Å². The standard InChI is InChI=1S/C49H29N3S/c50-30-35-23-26-47-48(39-17-6-9-20-46(39)53-47)49(35)52-43-19-8-5-16-38(43)41-29-34(22-25-45(41)52)33-21-24-44-40(28-33)37-15-4-7-18-42(37)51(44)36-14-10-13-32(27-36)31-11-2-1-3-12-31/h1-29H. The largest absolute Gasteiger partial charge is 0.309 e. The minimum atomic E-state index is 0.670. The van der Waals surface area contributed by atoms with Crippen LogP contribution in [-0.4, -0.2) is 9.13 Å². The second kappa shape index (κ2) is 11.5. The summed E-state index contributed by atoms with van der Waals surface area (Å²) >= 11 is 1.78. The fourth-order valence-corrected chi connectivity index (χ4v) is 9.51. The summed E-state index contributed by atoms with van der Waals surface area (Å²) in [7, 11) is 0. The molecule has 8 aromatic carbocycles. The van der Waals surface area contributed by atoms with Crippen LogP contribution in [0.4, 0.5) is 0 Å². The highest BCUT2D eigenvalue weighted by Crippen LogP contribution is 2.43. The van der Waals surface area contributed by atoms with E-state index >= 15 is 0 Å². The van der Waals surface area contributed by atoms with Gasteiger partial charge in [-0.3, -0.25) is 0 Å². The van der Waals surface area contributed by atoms with Gasteiger partial charge in [-0.1, -0.05) is 109 Å². The fourth-order valence-electron chi connectivity index (χ4n) is 8.40. The van der Waals surface area contributed by atoms with E-state index in [1.165, 1.54) is 64.1 Å². The zero-order chi connectivity index (χ0) is 35.0. The molecular formula is C49H29N3S. The normalized spacial score (nSPS) is 11.8. The maximum absolute atomic E-state index is 10.5. The molecule has 3 nitrogen and oxygen atoms in total. The van der Waals surface area contributed by atoms with E-state index in [9.17, 15) is 5.26 Å². The molecule has 0 saturated carbocycles. The molecule has 0 amide bonds. The highest BCUT2D eigenvalue weighted by molar-refractivity contribution is 7.25. The highest BCUT2D eigenvalue weighted by atomic mass is 32.1. The monoisotopic (exact) mass is 691 g/mol. The number of fused-ring (bicyclic) bond motifs is 9. The minimum absolute atomic E-state index is 0.670. The summed E-state index contributed by atoms with van der Waals surface area (Å²) in [4.78, 5) is 0. The number of benzene rings is 8. The molecule has 3 heterocycles. The summed E-state index contributed by atoms with van der Waals surface area (Å²) in [5, 5.41) is 17.6. The lowest BCUT2D eigenvalue weighted by Gasteiger charge is -2.13. The van der Waals surface area contributed by atoms with Crippen molar-refractivity contribution >= 4 is 75.1 Å². The summed E-state index contributed by atoms with van der Waals surface area (Å²) in [6.07, 6.45) is 0. The quantitative estimate of drug-likeness (QED) is 0.181. The van der Waals surface area contributed by atoms with Crippen LogP contribution in [0.2, 0.25) is 0 Å². The molecule has 0 fully saturated rings. The van der Waals surface area contributed by atoms with E-state index in [0.717, 1.165) is 33.4 Å². The first-order chi connectivity index (χ1) is 26.2. The number of nitriles is 1. The van der Waals surface area contributed by atoms with Crippen LogP contribution in [0.5, 0.6) is 0 Å². The number of hydrogen-bond acceptors (Lipinski definition) is 2. The van der Waals surface area contributed by atoms with Crippen LogP contribution in [0.1, 0.15) is 5.56 Å². The smallest absolute Gasteiger partial charge is 0.101 e. The summed E-state index contributed by atoms with van der Waals surface area (Å²) in [6.45, 7) is 0. The third kappa shape index (κ3) is 4.45. The number of hydrogen-bond donors (Lipinski definition) is 0. The van der Waals surface area contributed by atoms with Gasteiger partial charge in [0.2, 0.25) is 0 Å².